The van der Waals surface area contributed by atoms with Crippen molar-refractivity contribution in [1.82, 2.24) is 0 Å². The summed E-state index contributed by atoms with van der Waals surface area (Å²) in [6, 6.07) is 9.20. The number of rotatable bonds is 13. The van der Waals surface area contributed by atoms with Crippen LogP contribution in [0.25, 0.3) is 0 Å². The van der Waals surface area contributed by atoms with Crippen LogP contribution in [0.5, 0.6) is 0 Å². The molecule has 0 radical (unpaired) electrons. The van der Waals surface area contributed by atoms with Crippen LogP contribution in [0.1, 0.15) is 62.0 Å². The van der Waals surface area contributed by atoms with Gasteiger partial charge in [0.1, 0.15) is 6.54 Å². The van der Waals surface area contributed by atoms with Gasteiger partial charge in [-0.15, -0.1) is 0 Å². The van der Waals surface area contributed by atoms with Gasteiger partial charge in [-0.25, -0.2) is 13.2 Å². The minimum absolute atomic E-state index is 0.0127. The number of fused-ring (bicyclic) bond motifs is 2. The van der Waals surface area contributed by atoms with Crippen molar-refractivity contribution in [3.05, 3.63) is 89.2 Å². The second-order valence-electron chi connectivity index (χ2n) is 12.7. The molecule has 260 valence electrons. The van der Waals surface area contributed by atoms with Crippen molar-refractivity contribution in [2.75, 3.05) is 29.5 Å². The van der Waals surface area contributed by atoms with E-state index in [2.05, 4.69) is 0 Å². The fourth-order valence-corrected chi connectivity index (χ4v) is 8.04. The molecule has 2 aliphatic rings. The molecule has 13 nitrogen and oxygen atoms in total. The van der Waals surface area contributed by atoms with Crippen LogP contribution in [0, 0.1) is 0 Å². The monoisotopic (exact) mass is 722 g/mol. The van der Waals surface area contributed by atoms with Gasteiger partial charge in [0.15, 0.2) is 10.6 Å². The van der Waals surface area contributed by atoms with Crippen LogP contribution in [-0.2, 0) is 41.2 Å². The molecule has 2 heterocycles. The first kappa shape index (κ1) is 37.2. The van der Waals surface area contributed by atoms with E-state index in [1.54, 1.807) is 47.1 Å². The van der Waals surface area contributed by atoms with Gasteiger partial charge in [0.05, 0.1) is 26.8 Å². The maximum absolute atomic E-state index is 12.3. The van der Waals surface area contributed by atoms with Gasteiger partial charge in [-0.1, -0.05) is 44.2 Å². The molecule has 0 aliphatic carbocycles. The van der Waals surface area contributed by atoms with Crippen molar-refractivity contribution in [3.63, 3.8) is 0 Å². The Hall–Kier alpha value is -3.67. The second-order valence-corrected chi connectivity index (χ2v) is 17.1. The molecule has 4 rings (SSSR count). The van der Waals surface area contributed by atoms with Gasteiger partial charge in [-0.2, -0.15) is 21.4 Å². The summed E-state index contributed by atoms with van der Waals surface area (Å²) < 4.78 is 102. The summed E-state index contributed by atoms with van der Waals surface area (Å²) >= 11 is 0. The summed E-state index contributed by atoms with van der Waals surface area (Å²) in [5, 5.41) is 9.56. The fraction of sp³-hybridized carbons (Fsp3) is 0.375. The molecule has 48 heavy (non-hydrogen) atoms. The van der Waals surface area contributed by atoms with Crippen LogP contribution in [0.2, 0.25) is 0 Å². The zero-order chi connectivity index (χ0) is 35.9. The maximum Gasteiger partial charge on any atom is 0.335 e. The summed E-state index contributed by atoms with van der Waals surface area (Å²) in [5.74, 6) is -2.20. The van der Waals surface area contributed by atoms with Crippen LogP contribution >= 0.6 is 0 Å². The van der Waals surface area contributed by atoms with E-state index in [0.717, 1.165) is 11.3 Å². The quantitative estimate of drug-likeness (QED) is 0.152. The highest BCUT2D eigenvalue weighted by Gasteiger charge is 2.47. The number of allylic oxidation sites excluding steroid dienone is 6. The highest BCUT2D eigenvalue weighted by atomic mass is 32.2. The average molecular weight is 723 g/mol. The lowest BCUT2D eigenvalue weighted by Gasteiger charge is -2.27. The number of hydrogen-bond donors (Lipinski definition) is 3. The molecule has 0 bridgehead atoms. The molecule has 0 saturated heterocycles. The van der Waals surface area contributed by atoms with Crippen LogP contribution in [0.4, 0.5) is 11.4 Å². The largest absolute Gasteiger partial charge is 0.748 e. The molecule has 0 saturated carbocycles. The van der Waals surface area contributed by atoms with Gasteiger partial charge < -0.3 is 14.6 Å². The summed E-state index contributed by atoms with van der Waals surface area (Å²) in [6.07, 6.45) is 8.70. The second kappa shape index (κ2) is 13.3. The molecule has 3 N–H and O–H groups in total. The summed E-state index contributed by atoms with van der Waals surface area (Å²) in [4.78, 5) is 13.2. The Morgan fingerprint density at radius 1 is 0.896 bits per heavy atom. The topological polar surface area (TPSA) is 209 Å². The number of carboxylic acids is 1. The number of benzene rings is 2. The van der Waals surface area contributed by atoms with Crippen LogP contribution in [0.15, 0.2) is 77.4 Å². The Labute approximate surface area is 280 Å². The van der Waals surface area contributed by atoms with Crippen molar-refractivity contribution >= 4 is 53.4 Å². The zero-order valence-electron chi connectivity index (χ0n) is 26.8. The summed E-state index contributed by atoms with van der Waals surface area (Å²) in [6.45, 7) is 7.74. The fourth-order valence-electron chi connectivity index (χ4n) is 6.35. The van der Waals surface area contributed by atoms with E-state index in [-0.39, 0.29) is 42.1 Å². The number of anilines is 1. The van der Waals surface area contributed by atoms with Gasteiger partial charge in [-0.3, -0.25) is 9.11 Å². The van der Waals surface area contributed by atoms with E-state index in [1.165, 1.54) is 18.2 Å². The van der Waals surface area contributed by atoms with Gasteiger partial charge in [-0.05, 0) is 56.2 Å². The predicted molar refractivity (Wildman–Crippen MR) is 179 cm³/mol. The molecule has 0 fully saturated rings. The van der Waals surface area contributed by atoms with E-state index >= 15 is 0 Å². The highest BCUT2D eigenvalue weighted by Crippen LogP contribution is 2.48. The van der Waals surface area contributed by atoms with E-state index < -0.39 is 58.7 Å². The third kappa shape index (κ3) is 7.96. The lowest BCUT2D eigenvalue weighted by molar-refractivity contribution is -0.440. The molecular formula is C32H38N2O11S3. The number of nitrogens with zero attached hydrogens (tertiary/aromatic N) is 2. The first-order chi connectivity index (χ1) is 22.1. The molecule has 0 amide bonds. The number of hydrogen-bond acceptors (Lipinski definition) is 9. The van der Waals surface area contributed by atoms with E-state index in [0.29, 0.717) is 17.0 Å². The van der Waals surface area contributed by atoms with Gasteiger partial charge in [0, 0.05) is 47.2 Å². The Kier molecular flexibility index (Phi) is 10.3. The van der Waals surface area contributed by atoms with Gasteiger partial charge in [0.2, 0.25) is 5.69 Å². The SMILES string of the molecule is CC1(C)C(/C=C/C=C/C=C2/N(CCCS(=O)(=O)O)c3ccc(C(=O)O)cc3C2(C)C)=[N+](CCCS(=O)(=O)[O-])c2c1cccc2S(=O)(=O)O. The van der Waals surface area contributed by atoms with E-state index in [1.807, 2.05) is 38.7 Å². The number of para-hydroxylation sites is 1. The number of carbonyl (C=O) groups is 1. The normalized spacial score (nSPS) is 18.3. The van der Waals surface area contributed by atoms with Crippen molar-refractivity contribution < 1.29 is 53.4 Å². The molecule has 2 aliphatic heterocycles. The third-order valence-electron chi connectivity index (χ3n) is 8.58. The van der Waals surface area contributed by atoms with E-state index in [9.17, 15) is 48.8 Å². The molecule has 16 heteroatoms. The first-order valence-electron chi connectivity index (χ1n) is 14.9. The molecule has 0 aromatic heterocycles. The first-order valence-corrected chi connectivity index (χ1v) is 19.5. The minimum atomic E-state index is -4.65. The van der Waals surface area contributed by atoms with Crippen molar-refractivity contribution in [2.45, 2.75) is 56.3 Å². The smallest absolute Gasteiger partial charge is 0.335 e. The zero-order valence-corrected chi connectivity index (χ0v) is 29.3. The van der Waals surface area contributed by atoms with Crippen molar-refractivity contribution in [3.8, 4) is 0 Å². The Morgan fingerprint density at radius 2 is 1.58 bits per heavy atom. The Balaban J connectivity index is 1.73. The van der Waals surface area contributed by atoms with E-state index in [4.69, 9.17) is 0 Å². The number of aromatic carboxylic acids is 1. The van der Waals surface area contributed by atoms with Gasteiger partial charge >= 0.3 is 16.1 Å². The predicted octanol–water partition coefficient (Wildman–Crippen LogP) is 4.02. The van der Waals surface area contributed by atoms with Crippen LogP contribution in [0.3, 0.4) is 0 Å². The summed E-state index contributed by atoms with van der Waals surface area (Å²) in [5.41, 5.74) is 2.21. The number of carboxylic acid groups (broad SMARTS) is 1. The van der Waals surface area contributed by atoms with Crippen LogP contribution in [-0.4, -0.2) is 84.9 Å². The lowest BCUT2D eigenvalue weighted by Crippen LogP contribution is -2.28. The summed E-state index contributed by atoms with van der Waals surface area (Å²) in [7, 11) is -13.4. The molecule has 0 spiro atoms. The molecule has 2 aromatic rings. The lowest BCUT2D eigenvalue weighted by atomic mass is 9.81. The standard InChI is InChI=1S/C32H38N2O11S3/c1-31(2)23-11-8-12-26(48(43,44)45)29(23)34(18-10-20-47(40,41)42)28(31)14-7-5-6-13-27-32(3,4)24-21-22(30(35)36)15-16-25(24)33(27)17-9-19-46(37,38)39/h5-8,11-16,21H,9-10,17-20H2,1-4H3,(H3-,35,36,37,38,39,40,41,42,43,44,45). The molecular weight excluding hydrogens is 685 g/mol. The molecule has 2 aromatic carbocycles. The van der Waals surface area contributed by atoms with Crippen LogP contribution < -0.4 is 4.90 Å². The molecule has 0 unspecified atom stereocenters. The Bertz CT molecular complexity index is 2090. The Morgan fingerprint density at radius 3 is 2.19 bits per heavy atom. The average Bonchev–Trinajstić information content (AvgIpc) is 3.29. The van der Waals surface area contributed by atoms with Crippen molar-refractivity contribution in [2.24, 2.45) is 0 Å². The highest BCUT2D eigenvalue weighted by molar-refractivity contribution is 7.86. The van der Waals surface area contributed by atoms with Gasteiger partial charge in [0.25, 0.3) is 10.1 Å². The minimum Gasteiger partial charge on any atom is -0.748 e. The third-order valence-corrected chi connectivity index (χ3v) is 11.1. The maximum atomic E-state index is 12.3. The van der Waals surface area contributed by atoms with Crippen molar-refractivity contribution in [1.29, 1.82) is 0 Å². The molecule has 0 atom stereocenters.